The van der Waals surface area contributed by atoms with E-state index in [2.05, 4.69) is 51.2 Å². The minimum absolute atomic E-state index is 0.370. The molecule has 0 atom stereocenters. The fraction of sp³-hybridized carbons (Fsp3) is 0.400. The summed E-state index contributed by atoms with van der Waals surface area (Å²) in [7, 11) is 0. The van der Waals surface area contributed by atoms with Crippen LogP contribution in [0.25, 0.3) is 33.8 Å². The van der Waals surface area contributed by atoms with Gasteiger partial charge in [0.15, 0.2) is 22.9 Å². The number of nitrogens with zero attached hydrogens (tertiary/aromatic N) is 6. The monoisotopic (exact) mass is 532 g/mol. The van der Waals surface area contributed by atoms with Gasteiger partial charge in [0.2, 0.25) is 0 Å². The van der Waals surface area contributed by atoms with Gasteiger partial charge in [-0.05, 0) is 31.7 Å². The number of benzene rings is 1. The summed E-state index contributed by atoms with van der Waals surface area (Å²) in [6.45, 7) is 0. The van der Waals surface area contributed by atoms with Crippen molar-refractivity contribution in [1.29, 1.82) is 10.5 Å². The van der Waals surface area contributed by atoms with Crippen molar-refractivity contribution >= 4 is 22.9 Å². The minimum Gasteiger partial charge on any atom is -0.365 e. The lowest BCUT2D eigenvalue weighted by atomic mass is 9.95. The fourth-order valence-corrected chi connectivity index (χ4v) is 6.37. The lowest BCUT2D eigenvalue weighted by Crippen LogP contribution is -2.23. The first-order valence-corrected chi connectivity index (χ1v) is 14.4. The Balaban J connectivity index is 1.33. The van der Waals surface area contributed by atoms with E-state index in [1.54, 1.807) is 12.4 Å². The Labute approximate surface area is 232 Å². The molecule has 0 unspecified atom stereocenters. The molecule has 10 heteroatoms. The standard InChI is InChI=1S/C30H32N10/c31-15-21-17-33-39-27(21)37-25(29(39)35-23-10-3-1-4-11-23)19-8-7-9-20(14-19)26-30(36-24-12-5-2-6-13-24)40-28(38-26)22(16-32)18-34-40/h7-9,14,17-18,23-24,33-36H,1-6,10-13H2. The SMILES string of the molecule is N#Cc1c[nH]n2c(NC3CCCCC3)c(-c3cccc(-c4nc5c(C#N)c[nH]n5c4NC4CCCCC4)c3)nc12. The van der Waals surface area contributed by atoms with Crippen molar-refractivity contribution in [3.8, 4) is 34.7 Å². The molecule has 4 N–H and O–H groups in total. The van der Waals surface area contributed by atoms with Crippen LogP contribution in [0.4, 0.5) is 11.6 Å². The van der Waals surface area contributed by atoms with Crippen LogP contribution in [0.15, 0.2) is 36.7 Å². The third-order valence-electron chi connectivity index (χ3n) is 8.45. The Bertz CT molecular complexity index is 1630. The third kappa shape index (κ3) is 4.17. The lowest BCUT2D eigenvalue weighted by molar-refractivity contribution is 0.461. The summed E-state index contributed by atoms with van der Waals surface area (Å²) in [6, 6.07) is 13.5. The van der Waals surface area contributed by atoms with Crippen LogP contribution < -0.4 is 10.6 Å². The molecule has 4 aromatic heterocycles. The van der Waals surface area contributed by atoms with Gasteiger partial charge >= 0.3 is 0 Å². The van der Waals surface area contributed by atoms with Crippen molar-refractivity contribution in [3.63, 3.8) is 0 Å². The Hall–Kier alpha value is -4.70. The van der Waals surface area contributed by atoms with Crippen LogP contribution in [-0.2, 0) is 0 Å². The number of H-pyrrole nitrogens is 2. The summed E-state index contributed by atoms with van der Waals surface area (Å²) in [4.78, 5) is 9.89. The van der Waals surface area contributed by atoms with Crippen LogP contribution in [-0.4, -0.2) is 41.3 Å². The normalized spacial score (nSPS) is 16.8. The maximum atomic E-state index is 9.68. The highest BCUT2D eigenvalue weighted by molar-refractivity contribution is 5.84. The van der Waals surface area contributed by atoms with Crippen LogP contribution in [0.1, 0.15) is 75.3 Å². The zero-order valence-corrected chi connectivity index (χ0v) is 22.4. The van der Waals surface area contributed by atoms with Gasteiger partial charge in [-0.2, -0.15) is 10.5 Å². The van der Waals surface area contributed by atoms with Crippen molar-refractivity contribution < 1.29 is 0 Å². The molecule has 2 saturated carbocycles. The topological polar surface area (TPSA) is 138 Å². The van der Waals surface area contributed by atoms with Crippen molar-refractivity contribution in [2.24, 2.45) is 0 Å². The van der Waals surface area contributed by atoms with Gasteiger partial charge in [0.1, 0.15) is 34.7 Å². The molecule has 4 heterocycles. The molecule has 0 saturated heterocycles. The van der Waals surface area contributed by atoms with Crippen LogP contribution in [0, 0.1) is 22.7 Å². The lowest BCUT2D eigenvalue weighted by Gasteiger charge is -2.24. The first kappa shape index (κ1) is 24.3. The molecule has 0 aliphatic heterocycles. The first-order valence-electron chi connectivity index (χ1n) is 14.4. The molecule has 7 rings (SSSR count). The molecule has 0 spiro atoms. The largest absolute Gasteiger partial charge is 0.365 e. The van der Waals surface area contributed by atoms with E-state index in [-0.39, 0.29) is 0 Å². The second kappa shape index (κ2) is 10.1. The molecule has 0 bridgehead atoms. The second-order valence-electron chi connectivity index (χ2n) is 11.1. The average molecular weight is 533 g/mol. The molecule has 40 heavy (non-hydrogen) atoms. The number of hydrogen-bond acceptors (Lipinski definition) is 6. The van der Waals surface area contributed by atoms with Crippen molar-refractivity contribution in [1.82, 2.24) is 29.2 Å². The molecule has 10 nitrogen and oxygen atoms in total. The number of rotatable bonds is 6. The minimum atomic E-state index is 0.370. The van der Waals surface area contributed by atoms with E-state index in [0.29, 0.717) is 34.5 Å². The summed E-state index contributed by atoms with van der Waals surface area (Å²) in [5.74, 6) is 1.76. The maximum Gasteiger partial charge on any atom is 0.173 e. The number of nitriles is 2. The molecule has 0 radical (unpaired) electrons. The van der Waals surface area contributed by atoms with E-state index < -0.39 is 0 Å². The van der Waals surface area contributed by atoms with E-state index in [9.17, 15) is 10.5 Å². The smallest absolute Gasteiger partial charge is 0.173 e. The Kier molecular flexibility index (Phi) is 6.16. The van der Waals surface area contributed by atoms with Gasteiger partial charge in [-0.25, -0.2) is 19.0 Å². The molecule has 2 aliphatic carbocycles. The maximum absolute atomic E-state index is 9.68. The van der Waals surface area contributed by atoms with E-state index in [1.807, 2.05) is 15.1 Å². The predicted molar refractivity (Wildman–Crippen MR) is 154 cm³/mol. The Morgan fingerprint density at radius 2 is 1.15 bits per heavy atom. The summed E-state index contributed by atoms with van der Waals surface area (Å²) in [5, 5.41) is 33.3. The molecule has 2 aliphatic rings. The van der Waals surface area contributed by atoms with Gasteiger partial charge in [-0.1, -0.05) is 56.7 Å². The average Bonchev–Trinajstić information content (AvgIpc) is 3.76. The highest BCUT2D eigenvalue weighted by atomic mass is 15.3. The number of aromatic amines is 2. The third-order valence-corrected chi connectivity index (χ3v) is 8.45. The van der Waals surface area contributed by atoms with E-state index in [4.69, 9.17) is 9.97 Å². The number of imidazole rings is 2. The predicted octanol–water partition coefficient (Wildman–Crippen LogP) is 6.20. The molecule has 5 aromatic rings. The molecule has 1 aromatic carbocycles. The van der Waals surface area contributed by atoms with Crippen LogP contribution in [0.2, 0.25) is 0 Å². The number of fused-ring (bicyclic) bond motifs is 2. The quantitative estimate of drug-likeness (QED) is 0.205. The summed E-state index contributed by atoms with van der Waals surface area (Å²) >= 11 is 0. The number of anilines is 2. The van der Waals surface area contributed by atoms with Gasteiger partial charge in [0, 0.05) is 35.6 Å². The van der Waals surface area contributed by atoms with Crippen molar-refractivity contribution in [2.45, 2.75) is 76.3 Å². The van der Waals surface area contributed by atoms with Crippen molar-refractivity contribution in [3.05, 3.63) is 47.8 Å². The Morgan fingerprint density at radius 3 is 1.57 bits per heavy atom. The van der Waals surface area contributed by atoms with E-state index >= 15 is 0 Å². The van der Waals surface area contributed by atoms with Gasteiger partial charge in [-0.3, -0.25) is 10.2 Å². The van der Waals surface area contributed by atoms with Gasteiger partial charge in [0.05, 0.1) is 0 Å². The number of hydrogen-bond donors (Lipinski definition) is 4. The summed E-state index contributed by atoms with van der Waals surface area (Å²) in [5.41, 5.74) is 5.76. The fourth-order valence-electron chi connectivity index (χ4n) is 6.37. The van der Waals surface area contributed by atoms with Gasteiger partial charge < -0.3 is 10.6 Å². The Morgan fingerprint density at radius 1 is 0.700 bits per heavy atom. The molecule has 2 fully saturated rings. The summed E-state index contributed by atoms with van der Waals surface area (Å²) in [6.07, 6.45) is 15.3. The van der Waals surface area contributed by atoms with E-state index in [0.717, 1.165) is 59.8 Å². The van der Waals surface area contributed by atoms with Crippen molar-refractivity contribution in [2.75, 3.05) is 10.6 Å². The van der Waals surface area contributed by atoms with Crippen LogP contribution in [0.5, 0.6) is 0 Å². The molecular weight excluding hydrogens is 500 g/mol. The number of nitrogens with one attached hydrogen (secondary N) is 4. The molecular formula is C30H32N10. The van der Waals surface area contributed by atoms with Gasteiger partial charge in [0.25, 0.3) is 0 Å². The second-order valence-corrected chi connectivity index (χ2v) is 11.1. The molecule has 0 amide bonds. The first-order chi connectivity index (χ1) is 19.7. The molecule has 202 valence electrons. The van der Waals surface area contributed by atoms with Crippen LogP contribution >= 0.6 is 0 Å². The highest BCUT2D eigenvalue weighted by Crippen LogP contribution is 2.37. The zero-order chi connectivity index (χ0) is 27.1. The zero-order valence-electron chi connectivity index (χ0n) is 22.4. The number of aromatic nitrogens is 6. The highest BCUT2D eigenvalue weighted by Gasteiger charge is 2.25. The van der Waals surface area contributed by atoms with Gasteiger partial charge in [-0.15, -0.1) is 0 Å². The summed E-state index contributed by atoms with van der Waals surface area (Å²) < 4.78 is 3.79. The van der Waals surface area contributed by atoms with E-state index in [1.165, 1.54) is 38.5 Å². The van der Waals surface area contributed by atoms with Crippen LogP contribution in [0.3, 0.4) is 0 Å².